The van der Waals surface area contributed by atoms with Gasteiger partial charge in [-0.15, -0.1) is 0 Å². The zero-order chi connectivity index (χ0) is 16.0. The van der Waals surface area contributed by atoms with Gasteiger partial charge in [0.25, 0.3) is 0 Å². The average molecular weight is 295 g/mol. The van der Waals surface area contributed by atoms with Crippen LogP contribution in [0.5, 0.6) is 0 Å². The molecule has 0 amide bonds. The third-order valence-electron chi connectivity index (χ3n) is 3.63. The average Bonchev–Trinajstić information content (AvgIpc) is 2.40. The summed E-state index contributed by atoms with van der Waals surface area (Å²) in [5.41, 5.74) is 5.43. The largest absolute Gasteiger partial charge is 0.391 e. The number of aliphatic hydroxyl groups excluding tert-OH is 6. The van der Waals surface area contributed by atoms with Crippen LogP contribution >= 0.6 is 0 Å². The lowest BCUT2D eigenvalue weighted by molar-refractivity contribution is -0.0846. The van der Waals surface area contributed by atoms with Crippen LogP contribution in [0.2, 0.25) is 0 Å². The summed E-state index contributed by atoms with van der Waals surface area (Å²) in [5, 5.41) is 57.5. The maximum Gasteiger partial charge on any atom is 0.107 e. The van der Waals surface area contributed by atoms with Crippen molar-refractivity contribution in [2.45, 2.75) is 76.3 Å². The van der Waals surface area contributed by atoms with E-state index in [1.54, 1.807) is 6.92 Å². The molecule has 0 aliphatic heterocycles. The van der Waals surface area contributed by atoms with E-state index in [0.29, 0.717) is 6.42 Å². The highest BCUT2D eigenvalue weighted by Crippen LogP contribution is 2.19. The van der Waals surface area contributed by atoms with Gasteiger partial charge in [-0.1, -0.05) is 6.92 Å². The first-order valence-electron chi connectivity index (χ1n) is 6.93. The molecule has 8 atom stereocenters. The molecule has 122 valence electrons. The van der Waals surface area contributed by atoms with Crippen molar-refractivity contribution in [2.24, 2.45) is 11.7 Å². The Kier molecular flexibility index (Phi) is 8.76. The van der Waals surface area contributed by atoms with Crippen molar-refractivity contribution in [1.29, 1.82) is 0 Å². The minimum absolute atomic E-state index is 0.135. The van der Waals surface area contributed by atoms with Gasteiger partial charge in [-0.2, -0.15) is 0 Å². The molecule has 0 spiro atoms. The monoisotopic (exact) mass is 295 g/mol. The number of hydrogen-bond acceptors (Lipinski definition) is 7. The van der Waals surface area contributed by atoms with Crippen molar-refractivity contribution in [3.8, 4) is 0 Å². The third kappa shape index (κ3) is 6.01. The Labute approximate surface area is 119 Å². The van der Waals surface area contributed by atoms with Gasteiger partial charge in [-0.25, -0.2) is 0 Å². The lowest BCUT2D eigenvalue weighted by atomic mass is 9.90. The lowest BCUT2D eigenvalue weighted by Crippen LogP contribution is -2.47. The third-order valence-corrected chi connectivity index (χ3v) is 3.63. The van der Waals surface area contributed by atoms with Gasteiger partial charge in [0, 0.05) is 6.04 Å². The first kappa shape index (κ1) is 19.7. The summed E-state index contributed by atoms with van der Waals surface area (Å²) in [6.45, 7) is 4.56. The number of rotatable bonds is 9. The molecule has 0 saturated heterocycles. The summed E-state index contributed by atoms with van der Waals surface area (Å²) < 4.78 is 0. The van der Waals surface area contributed by atoms with Crippen LogP contribution in [-0.2, 0) is 0 Å². The molecule has 0 aromatic carbocycles. The van der Waals surface area contributed by atoms with Gasteiger partial charge >= 0.3 is 0 Å². The smallest absolute Gasteiger partial charge is 0.107 e. The van der Waals surface area contributed by atoms with Crippen molar-refractivity contribution < 1.29 is 30.6 Å². The Morgan fingerprint density at radius 1 is 0.700 bits per heavy atom. The highest BCUT2D eigenvalue weighted by atomic mass is 16.4. The molecule has 7 nitrogen and oxygen atoms in total. The van der Waals surface area contributed by atoms with Gasteiger partial charge in [0.2, 0.25) is 0 Å². The highest BCUT2D eigenvalue weighted by Gasteiger charge is 2.30. The Morgan fingerprint density at radius 2 is 1.20 bits per heavy atom. The zero-order valence-electron chi connectivity index (χ0n) is 12.3. The van der Waals surface area contributed by atoms with E-state index in [1.165, 1.54) is 13.8 Å². The standard InChI is InChI=1S/C13H29NO6/c1-6(10(17)12(19)8(3)15)4-5-9(16)13(20)11(18)7(2)14/h6-13,15-20H,4-5,14H2,1-3H3. The van der Waals surface area contributed by atoms with Crippen molar-refractivity contribution in [2.75, 3.05) is 0 Å². The van der Waals surface area contributed by atoms with Crippen LogP contribution in [0.1, 0.15) is 33.6 Å². The SMILES string of the molecule is CC(N)C(O)C(O)C(O)CCC(C)C(O)C(O)C(C)O. The van der Waals surface area contributed by atoms with E-state index in [1.807, 2.05) is 0 Å². The van der Waals surface area contributed by atoms with Crippen molar-refractivity contribution in [1.82, 2.24) is 0 Å². The highest BCUT2D eigenvalue weighted by molar-refractivity contribution is 4.83. The molecule has 7 heteroatoms. The summed E-state index contributed by atoms with van der Waals surface area (Å²) in [6, 6.07) is -0.667. The molecule has 0 radical (unpaired) electrons. The van der Waals surface area contributed by atoms with Crippen molar-refractivity contribution in [3.05, 3.63) is 0 Å². The second-order valence-corrected chi connectivity index (χ2v) is 5.68. The molecular weight excluding hydrogens is 266 g/mol. The summed E-state index contributed by atoms with van der Waals surface area (Å²) in [5.74, 6) is -0.381. The molecule has 20 heavy (non-hydrogen) atoms. The topological polar surface area (TPSA) is 147 Å². The molecule has 8 unspecified atom stereocenters. The molecule has 0 aliphatic carbocycles. The fourth-order valence-corrected chi connectivity index (χ4v) is 1.94. The van der Waals surface area contributed by atoms with Crippen LogP contribution in [-0.4, -0.2) is 73.3 Å². The van der Waals surface area contributed by atoms with Crippen LogP contribution in [0.4, 0.5) is 0 Å². The van der Waals surface area contributed by atoms with Crippen LogP contribution in [0.15, 0.2) is 0 Å². The van der Waals surface area contributed by atoms with Crippen LogP contribution < -0.4 is 5.73 Å². The molecule has 0 bridgehead atoms. The normalized spacial score (nSPS) is 24.3. The van der Waals surface area contributed by atoms with Gasteiger partial charge in [0.05, 0.1) is 24.4 Å². The lowest BCUT2D eigenvalue weighted by Gasteiger charge is -2.28. The second kappa shape index (κ2) is 8.89. The van der Waals surface area contributed by atoms with Crippen LogP contribution in [0, 0.1) is 5.92 Å². The van der Waals surface area contributed by atoms with E-state index in [4.69, 9.17) is 5.73 Å². The van der Waals surface area contributed by atoms with Gasteiger partial charge in [0.15, 0.2) is 0 Å². The van der Waals surface area contributed by atoms with E-state index < -0.39 is 42.7 Å². The Morgan fingerprint density at radius 3 is 1.60 bits per heavy atom. The van der Waals surface area contributed by atoms with E-state index in [-0.39, 0.29) is 12.3 Å². The Bertz CT molecular complexity index is 237. The maximum absolute atomic E-state index is 9.78. The Hall–Kier alpha value is -0.280. The zero-order valence-corrected chi connectivity index (χ0v) is 12.3. The molecule has 0 fully saturated rings. The first-order valence-corrected chi connectivity index (χ1v) is 6.93. The molecule has 8 N–H and O–H groups in total. The maximum atomic E-state index is 9.78. The van der Waals surface area contributed by atoms with E-state index in [9.17, 15) is 30.6 Å². The fourth-order valence-electron chi connectivity index (χ4n) is 1.94. The van der Waals surface area contributed by atoms with Crippen LogP contribution in [0.25, 0.3) is 0 Å². The van der Waals surface area contributed by atoms with Gasteiger partial charge < -0.3 is 36.4 Å². The molecule has 0 aromatic rings. The predicted molar refractivity (Wildman–Crippen MR) is 73.8 cm³/mol. The van der Waals surface area contributed by atoms with E-state index in [0.717, 1.165) is 0 Å². The van der Waals surface area contributed by atoms with E-state index >= 15 is 0 Å². The van der Waals surface area contributed by atoms with Crippen LogP contribution in [0.3, 0.4) is 0 Å². The molecule has 0 saturated carbocycles. The van der Waals surface area contributed by atoms with Gasteiger partial charge in [-0.3, -0.25) is 0 Å². The van der Waals surface area contributed by atoms with Gasteiger partial charge in [-0.05, 0) is 32.6 Å². The number of hydrogen-bond donors (Lipinski definition) is 7. The molecule has 0 heterocycles. The van der Waals surface area contributed by atoms with Crippen molar-refractivity contribution >= 4 is 0 Å². The van der Waals surface area contributed by atoms with Crippen molar-refractivity contribution in [3.63, 3.8) is 0 Å². The molecule has 0 aliphatic rings. The van der Waals surface area contributed by atoms with Gasteiger partial charge in [0.1, 0.15) is 12.2 Å². The molecule has 0 rings (SSSR count). The molecular formula is C13H29NO6. The summed E-state index contributed by atoms with van der Waals surface area (Å²) >= 11 is 0. The Balaban J connectivity index is 4.27. The summed E-state index contributed by atoms with van der Waals surface area (Å²) in [4.78, 5) is 0. The quantitative estimate of drug-likeness (QED) is 0.258. The number of aliphatic hydroxyl groups is 6. The minimum atomic E-state index is -1.36. The van der Waals surface area contributed by atoms with E-state index in [2.05, 4.69) is 0 Å². The second-order valence-electron chi connectivity index (χ2n) is 5.68. The summed E-state index contributed by atoms with van der Waals surface area (Å²) in [6.07, 6.45) is -6.75. The predicted octanol–water partition coefficient (Wildman–Crippen LogP) is -2.06. The number of nitrogens with two attached hydrogens (primary N) is 1. The summed E-state index contributed by atoms with van der Waals surface area (Å²) in [7, 11) is 0. The molecule has 0 aromatic heterocycles. The fraction of sp³-hybridized carbons (Fsp3) is 1.00. The first-order chi connectivity index (χ1) is 9.09. The minimum Gasteiger partial charge on any atom is -0.391 e.